The molecule has 1 aliphatic rings. The lowest BCUT2D eigenvalue weighted by Gasteiger charge is -2.34. The molecule has 0 atom stereocenters. The Hall–Kier alpha value is -2.78. The summed E-state index contributed by atoms with van der Waals surface area (Å²) in [6, 6.07) is 9.12. The molecular formula is C23H29N5O3S. The van der Waals surface area contributed by atoms with E-state index in [0.717, 1.165) is 16.7 Å². The first kappa shape index (κ1) is 22.4. The van der Waals surface area contributed by atoms with Gasteiger partial charge in [0, 0.05) is 31.7 Å². The molecule has 0 bridgehead atoms. The van der Waals surface area contributed by atoms with E-state index < -0.39 is 10.0 Å². The van der Waals surface area contributed by atoms with Crippen LogP contribution in [0.15, 0.2) is 35.2 Å². The zero-order chi connectivity index (χ0) is 23.3. The van der Waals surface area contributed by atoms with Crippen molar-refractivity contribution in [3.63, 3.8) is 0 Å². The number of carbonyl (C=O) groups excluding carboxylic acids is 1. The van der Waals surface area contributed by atoms with E-state index in [-0.39, 0.29) is 24.4 Å². The van der Waals surface area contributed by atoms with Crippen molar-refractivity contribution in [2.24, 2.45) is 0 Å². The van der Waals surface area contributed by atoms with Gasteiger partial charge in [0.05, 0.1) is 4.90 Å². The predicted octanol–water partition coefficient (Wildman–Crippen LogP) is 3.02. The van der Waals surface area contributed by atoms with Crippen LogP contribution in [0.3, 0.4) is 0 Å². The van der Waals surface area contributed by atoms with Crippen molar-refractivity contribution in [2.75, 3.05) is 26.2 Å². The number of amides is 1. The van der Waals surface area contributed by atoms with Crippen molar-refractivity contribution < 1.29 is 13.2 Å². The predicted molar refractivity (Wildman–Crippen MR) is 123 cm³/mol. The van der Waals surface area contributed by atoms with E-state index in [4.69, 9.17) is 0 Å². The molecule has 1 saturated heterocycles. The number of sulfonamides is 1. The number of fused-ring (bicyclic) bond motifs is 1. The number of aromatic nitrogens is 3. The highest BCUT2D eigenvalue weighted by molar-refractivity contribution is 7.89. The molecule has 1 fully saturated rings. The molecule has 32 heavy (non-hydrogen) atoms. The van der Waals surface area contributed by atoms with Gasteiger partial charge in [0.1, 0.15) is 11.0 Å². The highest BCUT2D eigenvalue weighted by atomic mass is 32.2. The van der Waals surface area contributed by atoms with Crippen LogP contribution in [0.4, 0.5) is 0 Å². The van der Waals surface area contributed by atoms with Crippen LogP contribution in [-0.2, 0) is 15.4 Å². The summed E-state index contributed by atoms with van der Waals surface area (Å²) in [6.07, 6.45) is 0. The van der Waals surface area contributed by atoms with Gasteiger partial charge in [-0.15, -0.1) is 0 Å². The highest BCUT2D eigenvalue weighted by Gasteiger charge is 2.33. The molecule has 4 rings (SSSR count). The molecule has 2 aromatic carbocycles. The lowest BCUT2D eigenvalue weighted by molar-refractivity contribution is 0.0698. The molecule has 9 heteroatoms. The zero-order valence-corrected chi connectivity index (χ0v) is 20.0. The maximum absolute atomic E-state index is 13.5. The van der Waals surface area contributed by atoms with Gasteiger partial charge in [0.25, 0.3) is 5.91 Å². The largest absolute Gasteiger partial charge is 0.336 e. The number of hydrogen-bond donors (Lipinski definition) is 1. The number of nitrogens with one attached hydrogen (secondary N) is 1. The van der Waals surface area contributed by atoms with E-state index in [2.05, 4.69) is 36.2 Å². The number of carbonyl (C=O) groups is 1. The fraction of sp³-hybridized carbons (Fsp3) is 0.435. The first-order valence-corrected chi connectivity index (χ1v) is 12.1. The van der Waals surface area contributed by atoms with E-state index >= 15 is 0 Å². The third kappa shape index (κ3) is 4.02. The maximum Gasteiger partial charge on any atom is 0.254 e. The van der Waals surface area contributed by atoms with Crippen LogP contribution >= 0.6 is 0 Å². The Labute approximate surface area is 188 Å². The highest BCUT2D eigenvalue weighted by Crippen LogP contribution is 2.31. The third-order valence-electron chi connectivity index (χ3n) is 6.01. The molecule has 1 aliphatic heterocycles. The maximum atomic E-state index is 13.5. The minimum Gasteiger partial charge on any atom is -0.336 e. The third-order valence-corrected chi connectivity index (χ3v) is 8.22. The Bertz CT molecular complexity index is 1260. The number of aromatic amines is 1. The van der Waals surface area contributed by atoms with Crippen LogP contribution < -0.4 is 0 Å². The summed E-state index contributed by atoms with van der Waals surface area (Å²) in [5.41, 5.74) is 4.42. The van der Waals surface area contributed by atoms with Gasteiger partial charge >= 0.3 is 0 Å². The normalized spacial score (nSPS) is 16.0. The monoisotopic (exact) mass is 455 g/mol. The molecule has 170 valence electrons. The second-order valence-corrected chi connectivity index (χ2v) is 11.3. The molecule has 8 nitrogen and oxygen atoms in total. The summed E-state index contributed by atoms with van der Waals surface area (Å²) in [4.78, 5) is 15.0. The summed E-state index contributed by atoms with van der Waals surface area (Å²) in [5.74, 6) is -0.131. The van der Waals surface area contributed by atoms with Crippen molar-refractivity contribution in [3.05, 3.63) is 52.6 Å². The molecule has 0 saturated carbocycles. The second kappa shape index (κ2) is 7.97. The zero-order valence-electron chi connectivity index (χ0n) is 19.1. The molecule has 1 N–H and O–H groups in total. The first-order valence-electron chi connectivity index (χ1n) is 10.7. The van der Waals surface area contributed by atoms with Crippen molar-refractivity contribution in [3.8, 4) is 0 Å². The first-order chi connectivity index (χ1) is 15.0. The average Bonchev–Trinajstić information content (AvgIpc) is 3.20. The molecule has 1 amide bonds. The van der Waals surface area contributed by atoms with Crippen LogP contribution in [0.25, 0.3) is 11.0 Å². The number of hydrogen-bond acceptors (Lipinski definition) is 5. The topological polar surface area (TPSA) is 99.3 Å². The Balaban J connectivity index is 1.51. The second-order valence-electron chi connectivity index (χ2n) is 9.41. The minimum atomic E-state index is -3.65. The molecule has 0 aliphatic carbocycles. The van der Waals surface area contributed by atoms with Crippen LogP contribution in [0.5, 0.6) is 0 Å². The Morgan fingerprint density at radius 2 is 1.53 bits per heavy atom. The molecule has 0 radical (unpaired) electrons. The summed E-state index contributed by atoms with van der Waals surface area (Å²) >= 11 is 0. The van der Waals surface area contributed by atoms with Gasteiger partial charge in [0.2, 0.25) is 10.0 Å². The molecular weight excluding hydrogens is 426 g/mol. The standard InChI is InChI=1S/C23H29N5O3S/c1-15-12-18(23(3,4)5)13-16(2)21(15)32(30,31)28-10-8-27(9-11-28)22(29)17-6-7-19-20(14-17)25-26-24-19/h6-7,12-14H,8-11H2,1-5H3,(H,24,25,26). The lowest BCUT2D eigenvalue weighted by atomic mass is 9.85. The molecule has 3 aromatic rings. The minimum absolute atomic E-state index is 0.0568. The van der Waals surface area contributed by atoms with Gasteiger partial charge in [-0.3, -0.25) is 4.79 Å². The number of nitrogens with zero attached hydrogens (tertiary/aromatic N) is 4. The fourth-order valence-corrected chi connectivity index (χ4v) is 6.04. The Kier molecular flexibility index (Phi) is 5.58. The van der Waals surface area contributed by atoms with Gasteiger partial charge in [-0.1, -0.05) is 32.9 Å². The van der Waals surface area contributed by atoms with Gasteiger partial charge in [-0.2, -0.15) is 19.7 Å². The molecule has 1 aromatic heterocycles. The lowest BCUT2D eigenvalue weighted by Crippen LogP contribution is -2.50. The van der Waals surface area contributed by atoms with Crippen LogP contribution in [-0.4, -0.2) is 65.1 Å². The van der Waals surface area contributed by atoms with E-state index in [1.807, 2.05) is 26.0 Å². The van der Waals surface area contributed by atoms with E-state index in [9.17, 15) is 13.2 Å². The van der Waals surface area contributed by atoms with Crippen molar-refractivity contribution in [1.82, 2.24) is 24.6 Å². The van der Waals surface area contributed by atoms with Gasteiger partial charge in [-0.05, 0) is 54.2 Å². The SMILES string of the molecule is Cc1cc(C(C)(C)C)cc(C)c1S(=O)(=O)N1CCN(C(=O)c2ccc3n[nH]nc3c2)CC1. The molecule has 0 unspecified atom stereocenters. The number of rotatable bonds is 3. The number of aryl methyl sites for hydroxylation is 2. The van der Waals surface area contributed by atoms with Crippen molar-refractivity contribution >= 4 is 27.0 Å². The smallest absolute Gasteiger partial charge is 0.254 e. The summed E-state index contributed by atoms with van der Waals surface area (Å²) in [5, 5.41) is 10.6. The summed E-state index contributed by atoms with van der Waals surface area (Å²) < 4.78 is 28.4. The Morgan fingerprint density at radius 3 is 2.12 bits per heavy atom. The van der Waals surface area contributed by atoms with Gasteiger partial charge in [-0.25, -0.2) is 8.42 Å². The summed E-state index contributed by atoms with van der Waals surface area (Å²) in [7, 11) is -3.65. The number of benzene rings is 2. The number of H-pyrrole nitrogens is 1. The fourth-order valence-electron chi connectivity index (χ4n) is 4.21. The van der Waals surface area contributed by atoms with E-state index in [1.165, 1.54) is 4.31 Å². The average molecular weight is 456 g/mol. The Morgan fingerprint density at radius 1 is 0.938 bits per heavy atom. The van der Waals surface area contributed by atoms with Crippen LogP contribution in [0.2, 0.25) is 0 Å². The number of piperazine rings is 1. The van der Waals surface area contributed by atoms with Crippen LogP contribution in [0.1, 0.15) is 47.8 Å². The van der Waals surface area contributed by atoms with Crippen LogP contribution in [0, 0.1) is 13.8 Å². The summed E-state index contributed by atoms with van der Waals surface area (Å²) in [6.45, 7) is 11.3. The quantitative estimate of drug-likeness (QED) is 0.654. The van der Waals surface area contributed by atoms with Gasteiger partial charge < -0.3 is 4.90 Å². The van der Waals surface area contributed by atoms with E-state index in [0.29, 0.717) is 34.6 Å². The van der Waals surface area contributed by atoms with E-state index in [1.54, 1.807) is 23.1 Å². The van der Waals surface area contributed by atoms with Crippen molar-refractivity contribution in [1.29, 1.82) is 0 Å². The molecule has 0 spiro atoms. The van der Waals surface area contributed by atoms with Gasteiger partial charge in [0.15, 0.2) is 0 Å². The molecule has 2 heterocycles. The van der Waals surface area contributed by atoms with Crippen molar-refractivity contribution in [2.45, 2.75) is 44.9 Å².